The van der Waals surface area contributed by atoms with Crippen LogP contribution in [0.1, 0.15) is 15.2 Å². The fourth-order valence-electron chi connectivity index (χ4n) is 3.09. The van der Waals surface area contributed by atoms with Crippen molar-refractivity contribution in [3.63, 3.8) is 0 Å². The van der Waals surface area contributed by atoms with Crippen molar-refractivity contribution in [2.75, 3.05) is 6.26 Å². The second-order valence-corrected chi connectivity index (χ2v) is 8.65. The molecule has 6 heteroatoms. The van der Waals surface area contributed by atoms with Gasteiger partial charge in [-0.3, -0.25) is 4.79 Å². The molecule has 0 saturated heterocycles. The van der Waals surface area contributed by atoms with Crippen LogP contribution in [0.2, 0.25) is 5.02 Å². The number of carbonyl (C=O) groups is 1. The number of thioether (sulfide) groups is 1. The summed E-state index contributed by atoms with van der Waals surface area (Å²) >= 11 is 9.20. The van der Waals surface area contributed by atoms with Gasteiger partial charge in [0.1, 0.15) is 4.88 Å². The number of carbonyl (C=O) groups excluding carboxylic acids is 1. The predicted octanol–water partition coefficient (Wildman–Crippen LogP) is 6.51. The standard InChI is InChI=1S/C23H19ClN2OS2/c1-28-19-10-4-16(5-11-19)14-25-23(27)22-21(26-12-2-3-13-26)20(15-29-22)17-6-8-18(24)9-7-17/h2-13,15H,14H2,1H3,(H,25,27). The number of rotatable bonds is 6. The predicted molar refractivity (Wildman–Crippen MR) is 123 cm³/mol. The fourth-order valence-corrected chi connectivity index (χ4v) is 4.62. The van der Waals surface area contributed by atoms with Gasteiger partial charge in [0, 0.05) is 39.8 Å². The summed E-state index contributed by atoms with van der Waals surface area (Å²) in [7, 11) is 0. The Morgan fingerprint density at radius 2 is 1.76 bits per heavy atom. The molecule has 2 aromatic heterocycles. The summed E-state index contributed by atoms with van der Waals surface area (Å²) in [6.07, 6.45) is 5.97. The van der Waals surface area contributed by atoms with E-state index >= 15 is 0 Å². The molecule has 3 nitrogen and oxygen atoms in total. The number of halogens is 1. The zero-order valence-electron chi connectivity index (χ0n) is 15.8. The highest BCUT2D eigenvalue weighted by atomic mass is 35.5. The Hall–Kier alpha value is -2.47. The third-order valence-electron chi connectivity index (χ3n) is 4.60. The first-order chi connectivity index (χ1) is 14.2. The molecule has 1 N–H and O–H groups in total. The number of nitrogens with zero attached hydrogens (tertiary/aromatic N) is 1. The molecule has 0 aliphatic rings. The van der Waals surface area contributed by atoms with E-state index in [-0.39, 0.29) is 5.91 Å². The smallest absolute Gasteiger partial charge is 0.263 e. The molecule has 0 radical (unpaired) electrons. The van der Waals surface area contributed by atoms with Crippen molar-refractivity contribution in [3.05, 3.63) is 93.9 Å². The van der Waals surface area contributed by atoms with Crippen molar-refractivity contribution in [3.8, 4) is 16.8 Å². The first-order valence-electron chi connectivity index (χ1n) is 9.07. The number of benzene rings is 2. The van der Waals surface area contributed by atoms with Crippen LogP contribution in [0.3, 0.4) is 0 Å². The lowest BCUT2D eigenvalue weighted by atomic mass is 10.1. The molecule has 29 heavy (non-hydrogen) atoms. The Morgan fingerprint density at radius 1 is 1.07 bits per heavy atom. The van der Waals surface area contributed by atoms with E-state index in [1.807, 2.05) is 70.9 Å². The van der Waals surface area contributed by atoms with Crippen molar-refractivity contribution in [1.82, 2.24) is 9.88 Å². The second-order valence-electron chi connectivity index (χ2n) is 6.46. The molecule has 0 aliphatic heterocycles. The van der Waals surface area contributed by atoms with E-state index < -0.39 is 0 Å². The number of hydrogen-bond acceptors (Lipinski definition) is 3. The highest BCUT2D eigenvalue weighted by Crippen LogP contribution is 2.35. The maximum absolute atomic E-state index is 13.0. The fraction of sp³-hybridized carbons (Fsp3) is 0.0870. The Morgan fingerprint density at radius 3 is 2.41 bits per heavy atom. The van der Waals surface area contributed by atoms with Gasteiger partial charge in [0.2, 0.25) is 0 Å². The van der Waals surface area contributed by atoms with Gasteiger partial charge in [-0.25, -0.2) is 0 Å². The normalized spacial score (nSPS) is 10.8. The third kappa shape index (κ3) is 4.42. The number of hydrogen-bond donors (Lipinski definition) is 1. The Bertz CT molecular complexity index is 1100. The number of aromatic nitrogens is 1. The van der Waals surface area contributed by atoms with E-state index in [1.54, 1.807) is 11.8 Å². The molecule has 0 spiro atoms. The summed E-state index contributed by atoms with van der Waals surface area (Å²) < 4.78 is 1.99. The van der Waals surface area contributed by atoms with E-state index in [0.29, 0.717) is 16.4 Å². The molecule has 4 aromatic rings. The minimum absolute atomic E-state index is 0.0761. The van der Waals surface area contributed by atoms with Crippen molar-refractivity contribution >= 4 is 40.6 Å². The molecule has 2 aromatic carbocycles. The third-order valence-corrected chi connectivity index (χ3v) is 6.56. The summed E-state index contributed by atoms with van der Waals surface area (Å²) in [6.45, 7) is 0.493. The number of amides is 1. The Kier molecular flexibility index (Phi) is 6.09. The Labute approximate surface area is 183 Å². The molecule has 1 amide bonds. The zero-order chi connectivity index (χ0) is 20.2. The average molecular weight is 439 g/mol. The van der Waals surface area contributed by atoms with Gasteiger partial charge in [0.05, 0.1) is 5.69 Å². The van der Waals surface area contributed by atoms with Crippen LogP contribution in [-0.4, -0.2) is 16.7 Å². The lowest BCUT2D eigenvalue weighted by Crippen LogP contribution is -2.23. The summed E-state index contributed by atoms with van der Waals surface area (Å²) in [4.78, 5) is 14.9. The molecule has 0 unspecified atom stereocenters. The largest absolute Gasteiger partial charge is 0.347 e. The molecule has 4 rings (SSSR count). The molecule has 0 saturated carbocycles. The van der Waals surface area contributed by atoms with Crippen LogP contribution in [0, 0.1) is 0 Å². The van der Waals surface area contributed by atoms with E-state index in [2.05, 4.69) is 23.7 Å². The first-order valence-corrected chi connectivity index (χ1v) is 11.6. The van der Waals surface area contributed by atoms with Gasteiger partial charge < -0.3 is 9.88 Å². The Balaban J connectivity index is 1.62. The van der Waals surface area contributed by atoms with Gasteiger partial charge in [-0.05, 0) is 53.8 Å². The lowest BCUT2D eigenvalue weighted by Gasteiger charge is -2.10. The number of nitrogens with one attached hydrogen (secondary N) is 1. The van der Waals surface area contributed by atoms with Gasteiger partial charge in [-0.15, -0.1) is 23.1 Å². The van der Waals surface area contributed by atoms with E-state index in [1.165, 1.54) is 16.2 Å². The van der Waals surface area contributed by atoms with E-state index in [0.717, 1.165) is 22.4 Å². The van der Waals surface area contributed by atoms with Crippen molar-refractivity contribution in [2.24, 2.45) is 0 Å². The van der Waals surface area contributed by atoms with Crippen LogP contribution in [0.5, 0.6) is 0 Å². The van der Waals surface area contributed by atoms with Gasteiger partial charge in [0.25, 0.3) is 5.91 Å². The first kappa shape index (κ1) is 19.8. The molecule has 146 valence electrons. The summed E-state index contributed by atoms with van der Waals surface area (Å²) in [5, 5.41) is 5.78. The van der Waals surface area contributed by atoms with Crippen molar-refractivity contribution < 1.29 is 4.79 Å². The van der Waals surface area contributed by atoms with Crippen LogP contribution in [0.4, 0.5) is 0 Å². The second kappa shape index (κ2) is 8.91. The molecule has 0 fully saturated rings. The van der Waals surface area contributed by atoms with Crippen LogP contribution in [0.25, 0.3) is 16.8 Å². The molecule has 0 aliphatic carbocycles. The van der Waals surface area contributed by atoms with Crippen LogP contribution >= 0.6 is 34.7 Å². The van der Waals surface area contributed by atoms with Gasteiger partial charge in [0.15, 0.2) is 0 Å². The zero-order valence-corrected chi connectivity index (χ0v) is 18.2. The van der Waals surface area contributed by atoms with Crippen LogP contribution in [-0.2, 0) is 6.54 Å². The molecular formula is C23H19ClN2OS2. The molecular weight excluding hydrogens is 420 g/mol. The van der Waals surface area contributed by atoms with Crippen molar-refractivity contribution in [2.45, 2.75) is 11.4 Å². The minimum atomic E-state index is -0.0761. The number of thiophene rings is 1. The maximum atomic E-state index is 13.0. The SMILES string of the molecule is CSc1ccc(CNC(=O)c2scc(-c3ccc(Cl)cc3)c2-n2cccc2)cc1. The average Bonchev–Trinajstić information content (AvgIpc) is 3.42. The molecule has 2 heterocycles. The van der Waals surface area contributed by atoms with Gasteiger partial charge >= 0.3 is 0 Å². The highest BCUT2D eigenvalue weighted by molar-refractivity contribution is 7.98. The molecule has 0 bridgehead atoms. The summed E-state index contributed by atoms with van der Waals surface area (Å²) in [5.41, 5.74) is 4.00. The quantitative estimate of drug-likeness (QED) is 0.348. The van der Waals surface area contributed by atoms with Crippen LogP contribution in [0.15, 0.2) is 83.3 Å². The van der Waals surface area contributed by atoms with Gasteiger partial charge in [-0.1, -0.05) is 35.9 Å². The van der Waals surface area contributed by atoms with Crippen LogP contribution < -0.4 is 5.32 Å². The highest BCUT2D eigenvalue weighted by Gasteiger charge is 2.20. The molecule has 0 atom stereocenters. The maximum Gasteiger partial charge on any atom is 0.263 e. The topological polar surface area (TPSA) is 34.0 Å². The van der Waals surface area contributed by atoms with E-state index in [4.69, 9.17) is 11.6 Å². The monoisotopic (exact) mass is 438 g/mol. The van der Waals surface area contributed by atoms with E-state index in [9.17, 15) is 4.79 Å². The minimum Gasteiger partial charge on any atom is -0.347 e. The lowest BCUT2D eigenvalue weighted by molar-refractivity contribution is 0.0955. The summed E-state index contributed by atoms with van der Waals surface area (Å²) in [5.74, 6) is -0.0761. The van der Waals surface area contributed by atoms with Gasteiger partial charge in [-0.2, -0.15) is 0 Å². The summed E-state index contributed by atoms with van der Waals surface area (Å²) in [6, 6.07) is 19.8. The van der Waals surface area contributed by atoms with Crippen molar-refractivity contribution in [1.29, 1.82) is 0 Å².